The molecule has 2 rings (SSSR count). The monoisotopic (exact) mass is 393 g/mol. The zero-order chi connectivity index (χ0) is 20.4. The number of carbonyl (C=O) groups excluding carboxylic acids is 2. The average Bonchev–Trinajstić information content (AvgIpc) is 3.04. The summed E-state index contributed by atoms with van der Waals surface area (Å²) in [5.41, 5.74) is 0.115. The van der Waals surface area contributed by atoms with Crippen LogP contribution in [-0.2, 0) is 11.3 Å². The molecule has 1 heterocycles. The van der Waals surface area contributed by atoms with Crippen LogP contribution in [0.2, 0.25) is 0 Å². The van der Waals surface area contributed by atoms with Crippen LogP contribution < -0.4 is 16.0 Å². The first-order valence-electron chi connectivity index (χ1n) is 10.1. The molecule has 1 aliphatic carbocycles. The van der Waals surface area contributed by atoms with Crippen LogP contribution >= 0.6 is 0 Å². The third kappa shape index (κ3) is 7.62. The maximum Gasteiger partial charge on any atom is 0.339 e. The molecule has 0 spiro atoms. The Bertz CT molecular complexity index is 665. The van der Waals surface area contributed by atoms with E-state index < -0.39 is 5.97 Å². The van der Waals surface area contributed by atoms with E-state index in [2.05, 4.69) is 16.0 Å². The summed E-state index contributed by atoms with van der Waals surface area (Å²) in [5.74, 6) is -0.387. The van der Waals surface area contributed by atoms with Crippen LogP contribution in [0.4, 0.5) is 4.79 Å². The van der Waals surface area contributed by atoms with Gasteiger partial charge in [0, 0.05) is 19.0 Å². The predicted octanol–water partition coefficient (Wildman–Crippen LogP) is 3.09. The maximum absolute atomic E-state index is 11.9. The van der Waals surface area contributed by atoms with Gasteiger partial charge in [-0.2, -0.15) is 0 Å². The van der Waals surface area contributed by atoms with Crippen molar-refractivity contribution < 1.29 is 23.9 Å². The van der Waals surface area contributed by atoms with Gasteiger partial charge in [-0.3, -0.25) is 4.79 Å². The number of unbranched alkanes of at least 4 members (excludes halogenated alkanes) is 2. The number of carboxylic acids is 1. The van der Waals surface area contributed by atoms with E-state index in [1.54, 1.807) is 6.92 Å². The van der Waals surface area contributed by atoms with Gasteiger partial charge in [0.25, 0.3) is 0 Å². The van der Waals surface area contributed by atoms with E-state index in [1.807, 2.05) is 0 Å². The highest BCUT2D eigenvalue weighted by atomic mass is 16.4. The number of hydrogen-bond acceptors (Lipinski definition) is 4. The Labute approximate surface area is 165 Å². The Morgan fingerprint density at radius 3 is 2.54 bits per heavy atom. The second kappa shape index (κ2) is 11.4. The van der Waals surface area contributed by atoms with Crippen LogP contribution in [0.15, 0.2) is 10.5 Å². The van der Waals surface area contributed by atoms with E-state index in [-0.39, 0.29) is 24.0 Å². The Morgan fingerprint density at radius 2 is 1.86 bits per heavy atom. The van der Waals surface area contributed by atoms with E-state index in [9.17, 15) is 14.4 Å². The molecule has 1 aromatic heterocycles. The topological polar surface area (TPSA) is 121 Å². The lowest BCUT2D eigenvalue weighted by Gasteiger charge is -2.22. The number of aryl methyl sites for hydroxylation is 1. The standard InChI is InChI=1S/C20H31N3O5/c1-14-17(19(25)26)12-16(28-14)13-22-18(24)10-6-3-7-11-21-20(27)23-15-8-4-2-5-9-15/h12,15H,2-11,13H2,1H3,(H,22,24)(H,25,26)(H2,21,23,27). The maximum atomic E-state index is 11.9. The summed E-state index contributed by atoms with van der Waals surface area (Å²) in [6, 6.07) is 1.64. The van der Waals surface area contributed by atoms with Crippen molar-refractivity contribution in [1.82, 2.24) is 16.0 Å². The first kappa shape index (κ1) is 21.8. The Morgan fingerprint density at radius 1 is 1.11 bits per heavy atom. The number of amides is 3. The fourth-order valence-corrected chi connectivity index (χ4v) is 3.39. The van der Waals surface area contributed by atoms with Crippen molar-refractivity contribution in [2.24, 2.45) is 0 Å². The Kier molecular flexibility index (Phi) is 8.84. The molecule has 1 saturated carbocycles. The van der Waals surface area contributed by atoms with Gasteiger partial charge in [-0.05, 0) is 38.7 Å². The van der Waals surface area contributed by atoms with E-state index in [0.717, 1.165) is 32.1 Å². The molecule has 8 nitrogen and oxygen atoms in total. The lowest BCUT2D eigenvalue weighted by molar-refractivity contribution is -0.121. The SMILES string of the molecule is Cc1oc(CNC(=O)CCCCCNC(=O)NC2CCCCC2)cc1C(=O)O. The second-order valence-corrected chi connectivity index (χ2v) is 7.31. The molecule has 28 heavy (non-hydrogen) atoms. The summed E-state index contributed by atoms with van der Waals surface area (Å²) in [6.45, 7) is 2.36. The third-order valence-corrected chi connectivity index (χ3v) is 4.97. The molecule has 8 heteroatoms. The van der Waals surface area contributed by atoms with E-state index >= 15 is 0 Å². The minimum Gasteiger partial charge on any atom is -0.478 e. The molecule has 0 atom stereocenters. The molecule has 0 bridgehead atoms. The molecule has 0 radical (unpaired) electrons. The number of carboxylic acid groups (broad SMARTS) is 1. The van der Waals surface area contributed by atoms with Crippen LogP contribution in [0, 0.1) is 6.92 Å². The molecular formula is C20H31N3O5. The molecule has 0 saturated heterocycles. The van der Waals surface area contributed by atoms with E-state index in [1.165, 1.54) is 25.3 Å². The van der Waals surface area contributed by atoms with Crippen LogP contribution in [0.1, 0.15) is 79.7 Å². The van der Waals surface area contributed by atoms with Crippen LogP contribution in [0.3, 0.4) is 0 Å². The second-order valence-electron chi connectivity index (χ2n) is 7.31. The number of aromatic carboxylic acids is 1. The normalized spacial score (nSPS) is 14.5. The van der Waals surface area contributed by atoms with Gasteiger partial charge in [0.15, 0.2) is 0 Å². The number of carbonyl (C=O) groups is 3. The zero-order valence-electron chi connectivity index (χ0n) is 16.5. The number of urea groups is 1. The van der Waals surface area contributed by atoms with Crippen molar-refractivity contribution >= 4 is 17.9 Å². The first-order chi connectivity index (χ1) is 13.5. The highest BCUT2D eigenvalue weighted by Gasteiger charge is 2.15. The molecule has 3 amide bonds. The molecule has 0 unspecified atom stereocenters. The zero-order valence-corrected chi connectivity index (χ0v) is 16.5. The minimum atomic E-state index is -1.04. The van der Waals surface area contributed by atoms with Crippen molar-refractivity contribution in [3.63, 3.8) is 0 Å². The van der Waals surface area contributed by atoms with Gasteiger partial charge in [0.05, 0.1) is 6.54 Å². The van der Waals surface area contributed by atoms with E-state index in [0.29, 0.717) is 30.5 Å². The Hall–Kier alpha value is -2.51. The highest BCUT2D eigenvalue weighted by Crippen LogP contribution is 2.17. The number of hydrogen-bond donors (Lipinski definition) is 4. The van der Waals surface area contributed by atoms with Crippen molar-refractivity contribution in [3.8, 4) is 0 Å². The van der Waals surface area contributed by atoms with Crippen molar-refractivity contribution in [1.29, 1.82) is 0 Å². The smallest absolute Gasteiger partial charge is 0.339 e. The molecule has 1 aromatic rings. The summed E-state index contributed by atoms with van der Waals surface area (Å²) < 4.78 is 5.32. The fraction of sp³-hybridized carbons (Fsp3) is 0.650. The van der Waals surface area contributed by atoms with Crippen LogP contribution in [0.5, 0.6) is 0 Å². The molecular weight excluding hydrogens is 362 g/mol. The van der Waals surface area contributed by atoms with Gasteiger partial charge in [-0.25, -0.2) is 9.59 Å². The van der Waals surface area contributed by atoms with Gasteiger partial charge >= 0.3 is 12.0 Å². The van der Waals surface area contributed by atoms with Gasteiger partial charge in [-0.1, -0.05) is 25.7 Å². The molecule has 156 valence electrons. The van der Waals surface area contributed by atoms with Crippen molar-refractivity contribution in [2.75, 3.05) is 6.54 Å². The molecule has 1 aliphatic rings. The predicted molar refractivity (Wildman–Crippen MR) is 104 cm³/mol. The largest absolute Gasteiger partial charge is 0.478 e. The Balaban J connectivity index is 1.50. The summed E-state index contributed by atoms with van der Waals surface area (Å²) >= 11 is 0. The number of rotatable bonds is 10. The molecule has 1 fully saturated rings. The fourth-order valence-electron chi connectivity index (χ4n) is 3.39. The van der Waals surface area contributed by atoms with Crippen LogP contribution in [-0.4, -0.2) is 35.6 Å². The van der Waals surface area contributed by atoms with Crippen LogP contribution in [0.25, 0.3) is 0 Å². The van der Waals surface area contributed by atoms with Crippen molar-refractivity contribution in [2.45, 2.75) is 77.3 Å². The quantitative estimate of drug-likeness (QED) is 0.455. The summed E-state index contributed by atoms with van der Waals surface area (Å²) in [6.07, 6.45) is 8.56. The summed E-state index contributed by atoms with van der Waals surface area (Å²) in [7, 11) is 0. The summed E-state index contributed by atoms with van der Waals surface area (Å²) in [4.78, 5) is 34.6. The molecule has 4 N–H and O–H groups in total. The number of furan rings is 1. The van der Waals surface area contributed by atoms with Gasteiger partial charge in [0.2, 0.25) is 5.91 Å². The third-order valence-electron chi connectivity index (χ3n) is 4.97. The van der Waals surface area contributed by atoms with Crippen molar-refractivity contribution in [3.05, 3.63) is 23.2 Å². The molecule has 0 aromatic carbocycles. The highest BCUT2D eigenvalue weighted by molar-refractivity contribution is 5.88. The van der Waals surface area contributed by atoms with Gasteiger partial charge in [0.1, 0.15) is 17.1 Å². The van der Waals surface area contributed by atoms with Gasteiger partial charge in [-0.15, -0.1) is 0 Å². The molecule has 0 aliphatic heterocycles. The lowest BCUT2D eigenvalue weighted by Crippen LogP contribution is -2.43. The van der Waals surface area contributed by atoms with E-state index in [4.69, 9.17) is 9.52 Å². The first-order valence-corrected chi connectivity index (χ1v) is 10.1. The minimum absolute atomic E-state index is 0.0980. The lowest BCUT2D eigenvalue weighted by atomic mass is 9.96. The summed E-state index contributed by atoms with van der Waals surface area (Å²) in [5, 5.41) is 17.6. The average molecular weight is 393 g/mol. The number of nitrogens with one attached hydrogen (secondary N) is 3. The van der Waals surface area contributed by atoms with Gasteiger partial charge < -0.3 is 25.5 Å².